The third kappa shape index (κ3) is 4.94. The van der Waals surface area contributed by atoms with Crippen molar-refractivity contribution in [3.05, 3.63) is 11.6 Å². The van der Waals surface area contributed by atoms with Gasteiger partial charge in [0.1, 0.15) is 0 Å². The zero-order valence-corrected chi connectivity index (χ0v) is 12.8. The molecule has 3 heteroatoms. The van der Waals surface area contributed by atoms with Gasteiger partial charge in [-0.05, 0) is 58.4 Å². The lowest BCUT2D eigenvalue weighted by molar-refractivity contribution is 0.207. The summed E-state index contributed by atoms with van der Waals surface area (Å²) in [4.78, 5) is 2.58. The van der Waals surface area contributed by atoms with Crippen molar-refractivity contribution in [1.29, 1.82) is 0 Å². The molecule has 2 saturated heterocycles. The molecule has 18 heavy (non-hydrogen) atoms. The van der Waals surface area contributed by atoms with Gasteiger partial charge in [0.2, 0.25) is 0 Å². The molecule has 2 fully saturated rings. The maximum Gasteiger partial charge on any atom is 0.0165 e. The van der Waals surface area contributed by atoms with Gasteiger partial charge in [0.25, 0.3) is 0 Å². The SMILES string of the molecule is CC(C)=CCN1CCC(NC2CCCSC2)CC1. The van der Waals surface area contributed by atoms with Gasteiger partial charge in [0, 0.05) is 24.4 Å². The van der Waals surface area contributed by atoms with E-state index in [4.69, 9.17) is 0 Å². The quantitative estimate of drug-likeness (QED) is 0.789. The summed E-state index contributed by atoms with van der Waals surface area (Å²) in [6.45, 7) is 8.06. The van der Waals surface area contributed by atoms with Crippen LogP contribution in [0.5, 0.6) is 0 Å². The van der Waals surface area contributed by atoms with Crippen molar-refractivity contribution in [2.75, 3.05) is 31.1 Å². The van der Waals surface area contributed by atoms with E-state index in [0.29, 0.717) is 0 Å². The van der Waals surface area contributed by atoms with Crippen LogP contribution in [-0.4, -0.2) is 48.1 Å². The normalized spacial score (nSPS) is 27.1. The van der Waals surface area contributed by atoms with Crippen LogP contribution in [0.2, 0.25) is 0 Å². The summed E-state index contributed by atoms with van der Waals surface area (Å²) < 4.78 is 0. The minimum Gasteiger partial charge on any atom is -0.310 e. The summed E-state index contributed by atoms with van der Waals surface area (Å²) in [5, 5.41) is 3.88. The predicted molar refractivity (Wildman–Crippen MR) is 82.4 cm³/mol. The molecule has 0 spiro atoms. The van der Waals surface area contributed by atoms with E-state index >= 15 is 0 Å². The molecule has 0 radical (unpaired) electrons. The third-order valence-corrected chi connectivity index (χ3v) is 5.19. The lowest BCUT2D eigenvalue weighted by atomic mass is 10.0. The van der Waals surface area contributed by atoms with E-state index in [1.165, 1.54) is 55.9 Å². The molecule has 0 aromatic rings. The van der Waals surface area contributed by atoms with Crippen molar-refractivity contribution in [3.8, 4) is 0 Å². The fourth-order valence-electron chi connectivity index (χ4n) is 2.80. The fraction of sp³-hybridized carbons (Fsp3) is 0.867. The molecule has 0 amide bonds. The molecule has 0 aliphatic carbocycles. The Morgan fingerprint density at radius 1 is 1.22 bits per heavy atom. The van der Waals surface area contributed by atoms with Crippen LogP contribution in [0.1, 0.15) is 39.5 Å². The molecule has 2 nitrogen and oxygen atoms in total. The van der Waals surface area contributed by atoms with Gasteiger partial charge in [0.15, 0.2) is 0 Å². The molecule has 2 aliphatic heterocycles. The molecule has 2 aliphatic rings. The molecule has 1 unspecified atom stereocenters. The summed E-state index contributed by atoms with van der Waals surface area (Å²) in [5.41, 5.74) is 1.44. The van der Waals surface area contributed by atoms with Crippen molar-refractivity contribution >= 4 is 11.8 Å². The molecule has 0 aromatic heterocycles. The van der Waals surface area contributed by atoms with E-state index in [9.17, 15) is 0 Å². The Bertz CT molecular complexity index is 260. The number of nitrogens with zero attached hydrogens (tertiary/aromatic N) is 1. The minimum absolute atomic E-state index is 0.775. The van der Waals surface area contributed by atoms with Gasteiger partial charge in [-0.15, -0.1) is 0 Å². The topological polar surface area (TPSA) is 15.3 Å². The van der Waals surface area contributed by atoms with E-state index < -0.39 is 0 Å². The molecule has 2 heterocycles. The van der Waals surface area contributed by atoms with Gasteiger partial charge >= 0.3 is 0 Å². The molecule has 104 valence electrons. The molecule has 0 aromatic carbocycles. The first-order valence-corrected chi connectivity index (χ1v) is 8.59. The van der Waals surface area contributed by atoms with Gasteiger partial charge in [-0.3, -0.25) is 4.90 Å². The van der Waals surface area contributed by atoms with Gasteiger partial charge < -0.3 is 5.32 Å². The first-order valence-electron chi connectivity index (χ1n) is 7.43. The highest BCUT2D eigenvalue weighted by molar-refractivity contribution is 7.99. The van der Waals surface area contributed by atoms with Crippen LogP contribution in [0.4, 0.5) is 0 Å². The average Bonchev–Trinajstić information content (AvgIpc) is 2.39. The van der Waals surface area contributed by atoms with Gasteiger partial charge in [-0.25, -0.2) is 0 Å². The number of nitrogens with one attached hydrogen (secondary N) is 1. The number of thioether (sulfide) groups is 1. The smallest absolute Gasteiger partial charge is 0.0165 e. The molecular weight excluding hydrogens is 240 g/mol. The molecule has 1 N–H and O–H groups in total. The Balaban J connectivity index is 1.65. The summed E-state index contributed by atoms with van der Waals surface area (Å²) in [7, 11) is 0. The van der Waals surface area contributed by atoms with Crippen molar-refractivity contribution < 1.29 is 0 Å². The maximum atomic E-state index is 3.88. The zero-order chi connectivity index (χ0) is 12.8. The highest BCUT2D eigenvalue weighted by atomic mass is 32.2. The fourth-order valence-corrected chi connectivity index (χ4v) is 3.88. The van der Waals surface area contributed by atoms with Crippen molar-refractivity contribution in [2.45, 2.75) is 51.6 Å². The summed E-state index contributed by atoms with van der Waals surface area (Å²) >= 11 is 2.12. The molecule has 2 rings (SSSR count). The minimum atomic E-state index is 0.775. The summed E-state index contributed by atoms with van der Waals surface area (Å²) in [6, 6.07) is 1.56. The van der Waals surface area contributed by atoms with Crippen molar-refractivity contribution in [2.24, 2.45) is 0 Å². The lowest BCUT2D eigenvalue weighted by Crippen LogP contribution is -2.47. The van der Waals surface area contributed by atoms with Gasteiger partial charge in [0.05, 0.1) is 0 Å². The highest BCUT2D eigenvalue weighted by Crippen LogP contribution is 2.19. The second-order valence-electron chi connectivity index (χ2n) is 5.94. The van der Waals surface area contributed by atoms with Crippen LogP contribution < -0.4 is 5.32 Å². The van der Waals surface area contributed by atoms with Crippen LogP contribution >= 0.6 is 11.8 Å². The predicted octanol–water partition coefficient (Wildman–Crippen LogP) is 2.90. The monoisotopic (exact) mass is 268 g/mol. The van der Waals surface area contributed by atoms with Gasteiger partial charge in [-0.1, -0.05) is 11.6 Å². The number of hydrogen-bond acceptors (Lipinski definition) is 3. The number of rotatable bonds is 4. The van der Waals surface area contributed by atoms with E-state index in [2.05, 4.69) is 41.9 Å². The second-order valence-corrected chi connectivity index (χ2v) is 7.09. The number of likely N-dealkylation sites (tertiary alicyclic amines) is 1. The summed E-state index contributed by atoms with van der Waals surface area (Å²) in [6.07, 6.45) is 7.81. The maximum absolute atomic E-state index is 3.88. The first kappa shape index (κ1) is 14.4. The first-order chi connectivity index (χ1) is 8.74. The third-order valence-electron chi connectivity index (χ3n) is 3.98. The number of hydrogen-bond donors (Lipinski definition) is 1. The Morgan fingerprint density at radius 2 is 2.00 bits per heavy atom. The van der Waals surface area contributed by atoms with E-state index in [1.54, 1.807) is 0 Å². The van der Waals surface area contributed by atoms with Crippen LogP contribution in [0.3, 0.4) is 0 Å². The molecular formula is C15H28N2S. The largest absolute Gasteiger partial charge is 0.310 e. The van der Waals surface area contributed by atoms with E-state index in [0.717, 1.165) is 18.6 Å². The summed E-state index contributed by atoms with van der Waals surface area (Å²) in [5.74, 6) is 2.71. The van der Waals surface area contributed by atoms with E-state index in [1.807, 2.05) is 0 Å². The number of piperidine rings is 1. The Kier molecular flexibility index (Phi) is 6.06. The zero-order valence-electron chi connectivity index (χ0n) is 12.0. The van der Waals surface area contributed by atoms with Crippen LogP contribution in [0.25, 0.3) is 0 Å². The lowest BCUT2D eigenvalue weighted by Gasteiger charge is -2.35. The molecule has 1 atom stereocenters. The van der Waals surface area contributed by atoms with Crippen molar-refractivity contribution in [3.63, 3.8) is 0 Å². The standard InChI is InChI=1S/C15H28N2S/c1-13(2)5-8-17-9-6-14(7-10-17)16-15-4-3-11-18-12-15/h5,14-16H,3-4,6-12H2,1-2H3. The number of allylic oxidation sites excluding steroid dienone is 1. The Labute approximate surface area is 117 Å². The Morgan fingerprint density at radius 3 is 2.61 bits per heavy atom. The van der Waals surface area contributed by atoms with Crippen molar-refractivity contribution in [1.82, 2.24) is 10.2 Å². The Hall–Kier alpha value is 0.0100. The van der Waals surface area contributed by atoms with E-state index in [-0.39, 0.29) is 0 Å². The average molecular weight is 268 g/mol. The van der Waals surface area contributed by atoms with Crippen LogP contribution in [0, 0.1) is 0 Å². The molecule has 0 bridgehead atoms. The van der Waals surface area contributed by atoms with Gasteiger partial charge in [-0.2, -0.15) is 11.8 Å². The van der Waals surface area contributed by atoms with Crippen LogP contribution in [-0.2, 0) is 0 Å². The second kappa shape index (κ2) is 7.56. The molecule has 0 saturated carbocycles. The highest BCUT2D eigenvalue weighted by Gasteiger charge is 2.22. The van der Waals surface area contributed by atoms with Crippen LogP contribution in [0.15, 0.2) is 11.6 Å².